The van der Waals surface area contributed by atoms with Gasteiger partial charge in [-0.2, -0.15) is 0 Å². The molecule has 2 aliphatic rings. The fourth-order valence-electron chi connectivity index (χ4n) is 4.35. The summed E-state index contributed by atoms with van der Waals surface area (Å²) < 4.78 is 17.3. The first kappa shape index (κ1) is 23.4. The van der Waals surface area contributed by atoms with E-state index in [1.54, 1.807) is 0 Å². The van der Waals surface area contributed by atoms with Crippen LogP contribution in [0.15, 0.2) is 48.5 Å². The Labute approximate surface area is 196 Å². The lowest BCUT2D eigenvalue weighted by Gasteiger charge is -2.32. The van der Waals surface area contributed by atoms with Crippen LogP contribution >= 0.6 is 0 Å². The number of carbonyl (C=O) groups is 1. The summed E-state index contributed by atoms with van der Waals surface area (Å²) in [6.07, 6.45) is 1.70. The monoisotopic (exact) mass is 453 g/mol. The summed E-state index contributed by atoms with van der Waals surface area (Å²) in [6.45, 7) is 8.85. The van der Waals surface area contributed by atoms with Gasteiger partial charge >= 0.3 is 6.03 Å². The van der Waals surface area contributed by atoms with E-state index in [1.165, 1.54) is 11.1 Å². The Morgan fingerprint density at radius 1 is 0.970 bits per heavy atom. The van der Waals surface area contributed by atoms with Crippen molar-refractivity contribution in [1.29, 1.82) is 0 Å². The van der Waals surface area contributed by atoms with Crippen LogP contribution < -0.4 is 14.8 Å². The van der Waals surface area contributed by atoms with Crippen LogP contribution in [-0.4, -0.2) is 67.9 Å². The van der Waals surface area contributed by atoms with Gasteiger partial charge in [0.05, 0.1) is 19.8 Å². The van der Waals surface area contributed by atoms with E-state index >= 15 is 0 Å². The van der Waals surface area contributed by atoms with Crippen LogP contribution in [0.5, 0.6) is 11.5 Å². The first-order valence-corrected chi connectivity index (χ1v) is 12.0. The Balaban J connectivity index is 1.25. The van der Waals surface area contributed by atoms with Gasteiger partial charge in [0.1, 0.15) is 6.10 Å². The van der Waals surface area contributed by atoms with Gasteiger partial charge in [-0.3, -0.25) is 4.90 Å². The molecule has 2 heterocycles. The summed E-state index contributed by atoms with van der Waals surface area (Å²) in [5.41, 5.74) is 2.43. The zero-order valence-corrected chi connectivity index (χ0v) is 19.5. The standard InChI is InChI=1S/C26H35N3O4/c1-2-32-24-9-5-6-10-25(24)33-23-11-13-29(14-12-23)26(30)27-19-21-7-3-4-8-22(21)20-28-15-17-31-18-16-28/h3-10,23H,2,11-20H2,1H3,(H,27,30). The fourth-order valence-corrected chi connectivity index (χ4v) is 4.35. The molecule has 0 atom stereocenters. The molecule has 2 fully saturated rings. The number of ether oxygens (including phenoxy) is 3. The number of hydrogen-bond acceptors (Lipinski definition) is 5. The lowest BCUT2D eigenvalue weighted by atomic mass is 10.1. The molecule has 2 saturated heterocycles. The number of nitrogens with zero attached hydrogens (tertiary/aromatic N) is 2. The minimum absolute atomic E-state index is 0.00987. The molecule has 2 aromatic rings. The van der Waals surface area contributed by atoms with E-state index in [9.17, 15) is 4.79 Å². The summed E-state index contributed by atoms with van der Waals surface area (Å²) in [7, 11) is 0. The van der Waals surface area contributed by atoms with Crippen molar-refractivity contribution in [2.24, 2.45) is 0 Å². The van der Waals surface area contributed by atoms with Gasteiger partial charge in [-0.05, 0) is 30.2 Å². The van der Waals surface area contributed by atoms with Crippen molar-refractivity contribution in [3.8, 4) is 11.5 Å². The van der Waals surface area contributed by atoms with Gasteiger partial charge in [0.25, 0.3) is 0 Å². The first-order chi connectivity index (χ1) is 16.2. The number of amides is 2. The highest BCUT2D eigenvalue weighted by Gasteiger charge is 2.25. The highest BCUT2D eigenvalue weighted by atomic mass is 16.5. The SMILES string of the molecule is CCOc1ccccc1OC1CCN(C(=O)NCc2ccccc2CN2CCOCC2)CC1. The molecule has 33 heavy (non-hydrogen) atoms. The summed E-state index contributed by atoms with van der Waals surface area (Å²) >= 11 is 0. The maximum atomic E-state index is 12.8. The molecule has 178 valence electrons. The van der Waals surface area contributed by atoms with Crippen molar-refractivity contribution in [2.75, 3.05) is 46.0 Å². The van der Waals surface area contributed by atoms with Crippen molar-refractivity contribution in [2.45, 2.75) is 39.0 Å². The Morgan fingerprint density at radius 2 is 1.64 bits per heavy atom. The minimum atomic E-state index is -0.00987. The van der Waals surface area contributed by atoms with Crippen LogP contribution in [-0.2, 0) is 17.8 Å². The molecule has 2 aliphatic heterocycles. The van der Waals surface area contributed by atoms with Gasteiger partial charge in [-0.15, -0.1) is 0 Å². The second-order valence-electron chi connectivity index (χ2n) is 8.50. The lowest BCUT2D eigenvalue weighted by molar-refractivity contribution is 0.0340. The average molecular weight is 454 g/mol. The van der Waals surface area contributed by atoms with Crippen molar-refractivity contribution in [3.63, 3.8) is 0 Å². The van der Waals surface area contributed by atoms with Crippen LogP contribution in [0.25, 0.3) is 0 Å². The number of carbonyl (C=O) groups excluding carboxylic acids is 1. The number of rotatable bonds is 8. The van der Waals surface area contributed by atoms with Crippen molar-refractivity contribution < 1.29 is 19.0 Å². The van der Waals surface area contributed by atoms with Gasteiger partial charge in [-0.1, -0.05) is 36.4 Å². The van der Waals surface area contributed by atoms with Gasteiger partial charge in [0, 0.05) is 52.1 Å². The molecule has 0 aliphatic carbocycles. The molecule has 4 rings (SSSR count). The highest BCUT2D eigenvalue weighted by Crippen LogP contribution is 2.29. The molecule has 0 spiro atoms. The Hall–Kier alpha value is -2.77. The van der Waals surface area contributed by atoms with Gasteiger partial charge in [0.2, 0.25) is 0 Å². The highest BCUT2D eigenvalue weighted by molar-refractivity contribution is 5.74. The lowest BCUT2D eigenvalue weighted by Crippen LogP contribution is -2.46. The second-order valence-corrected chi connectivity index (χ2v) is 8.50. The number of benzene rings is 2. The molecular formula is C26H35N3O4. The zero-order chi connectivity index (χ0) is 22.9. The molecule has 0 unspecified atom stereocenters. The quantitative estimate of drug-likeness (QED) is 0.661. The Kier molecular flexibility index (Phi) is 8.44. The predicted octanol–water partition coefficient (Wildman–Crippen LogP) is 3.67. The van der Waals surface area contributed by atoms with E-state index in [2.05, 4.69) is 28.4 Å². The van der Waals surface area contributed by atoms with Crippen LogP contribution in [0, 0.1) is 0 Å². The number of nitrogens with one attached hydrogen (secondary N) is 1. The number of hydrogen-bond donors (Lipinski definition) is 1. The van der Waals surface area contributed by atoms with Gasteiger partial charge in [-0.25, -0.2) is 4.79 Å². The summed E-state index contributed by atoms with van der Waals surface area (Å²) in [5.74, 6) is 1.55. The maximum absolute atomic E-state index is 12.8. The normalized spacial score (nSPS) is 17.5. The van der Waals surface area contributed by atoms with E-state index in [-0.39, 0.29) is 12.1 Å². The number of para-hydroxylation sites is 2. The third-order valence-corrected chi connectivity index (χ3v) is 6.22. The summed E-state index contributed by atoms with van der Waals surface area (Å²) in [6, 6.07) is 16.1. The summed E-state index contributed by atoms with van der Waals surface area (Å²) in [5, 5.41) is 3.12. The largest absolute Gasteiger partial charge is 0.490 e. The van der Waals surface area contributed by atoms with Gasteiger partial charge in [0.15, 0.2) is 11.5 Å². The van der Waals surface area contributed by atoms with E-state index < -0.39 is 0 Å². The van der Waals surface area contributed by atoms with E-state index in [1.807, 2.05) is 42.2 Å². The second kappa shape index (κ2) is 11.9. The van der Waals surface area contributed by atoms with Crippen molar-refractivity contribution in [1.82, 2.24) is 15.1 Å². The fraction of sp³-hybridized carbons (Fsp3) is 0.500. The van der Waals surface area contributed by atoms with E-state index in [4.69, 9.17) is 14.2 Å². The molecule has 0 radical (unpaired) electrons. The van der Waals surface area contributed by atoms with Gasteiger partial charge < -0.3 is 24.4 Å². The average Bonchev–Trinajstić information content (AvgIpc) is 2.86. The molecular weight excluding hydrogens is 418 g/mol. The minimum Gasteiger partial charge on any atom is -0.490 e. The molecule has 0 aromatic heterocycles. The first-order valence-electron chi connectivity index (χ1n) is 12.0. The van der Waals surface area contributed by atoms with E-state index in [0.29, 0.717) is 26.2 Å². The molecule has 0 saturated carbocycles. The van der Waals surface area contributed by atoms with Crippen LogP contribution in [0.1, 0.15) is 30.9 Å². The smallest absolute Gasteiger partial charge is 0.317 e. The number of piperidine rings is 1. The predicted molar refractivity (Wildman–Crippen MR) is 128 cm³/mol. The zero-order valence-electron chi connectivity index (χ0n) is 19.5. The molecule has 2 aromatic carbocycles. The van der Waals surface area contributed by atoms with Crippen LogP contribution in [0.3, 0.4) is 0 Å². The number of morpholine rings is 1. The molecule has 2 amide bonds. The molecule has 0 bridgehead atoms. The molecule has 7 heteroatoms. The van der Waals surface area contributed by atoms with Crippen molar-refractivity contribution >= 4 is 6.03 Å². The molecule has 1 N–H and O–H groups in total. The molecule has 7 nitrogen and oxygen atoms in total. The van der Waals surface area contributed by atoms with Crippen molar-refractivity contribution in [3.05, 3.63) is 59.7 Å². The topological polar surface area (TPSA) is 63.3 Å². The van der Waals surface area contributed by atoms with E-state index in [0.717, 1.165) is 57.2 Å². The van der Waals surface area contributed by atoms with Crippen LogP contribution in [0.2, 0.25) is 0 Å². The Morgan fingerprint density at radius 3 is 2.36 bits per heavy atom. The Bertz CT molecular complexity index is 893. The third kappa shape index (κ3) is 6.62. The maximum Gasteiger partial charge on any atom is 0.317 e. The number of urea groups is 1. The van der Waals surface area contributed by atoms with Crippen LogP contribution in [0.4, 0.5) is 4.79 Å². The number of likely N-dealkylation sites (tertiary alicyclic amines) is 1. The third-order valence-electron chi connectivity index (χ3n) is 6.22. The summed E-state index contributed by atoms with van der Waals surface area (Å²) in [4.78, 5) is 17.1.